The first-order chi connectivity index (χ1) is 12.9. The summed E-state index contributed by atoms with van der Waals surface area (Å²) in [7, 11) is 0. The van der Waals surface area contributed by atoms with Gasteiger partial charge in [0.15, 0.2) is 11.5 Å². The van der Waals surface area contributed by atoms with Gasteiger partial charge in [-0.2, -0.15) is 0 Å². The van der Waals surface area contributed by atoms with Crippen LogP contribution in [0.4, 0.5) is 4.39 Å². The summed E-state index contributed by atoms with van der Waals surface area (Å²) in [6.07, 6.45) is 1.11. The van der Waals surface area contributed by atoms with Crippen molar-refractivity contribution < 1.29 is 13.9 Å². The van der Waals surface area contributed by atoms with Crippen LogP contribution in [0.1, 0.15) is 38.3 Å². The minimum absolute atomic E-state index is 0.0305. The molecule has 1 N–H and O–H groups in total. The van der Waals surface area contributed by atoms with Gasteiger partial charge >= 0.3 is 0 Å². The van der Waals surface area contributed by atoms with Gasteiger partial charge in [-0.1, -0.05) is 43.1 Å². The average Bonchev–Trinajstić information content (AvgIpc) is 2.60. The van der Waals surface area contributed by atoms with Crippen LogP contribution in [-0.2, 0) is 13.2 Å². The Balaban J connectivity index is 2.13. The fourth-order valence-electron chi connectivity index (χ4n) is 2.56. The molecule has 0 bridgehead atoms. The van der Waals surface area contributed by atoms with Gasteiger partial charge in [-0.25, -0.2) is 4.39 Å². The zero-order chi connectivity index (χ0) is 19.8. The molecule has 0 heterocycles. The van der Waals surface area contributed by atoms with Crippen molar-refractivity contribution in [1.82, 2.24) is 5.32 Å². The van der Waals surface area contributed by atoms with Crippen LogP contribution < -0.4 is 14.8 Å². The van der Waals surface area contributed by atoms with Gasteiger partial charge in [-0.3, -0.25) is 0 Å². The molecule has 0 aromatic heterocycles. The van der Waals surface area contributed by atoms with E-state index < -0.39 is 5.82 Å². The number of rotatable bonds is 10. The summed E-state index contributed by atoms with van der Waals surface area (Å²) in [6, 6.07) is 8.27. The smallest absolute Gasteiger partial charge is 0.180 e. The normalized spacial score (nSPS) is 11.1. The van der Waals surface area contributed by atoms with Crippen molar-refractivity contribution in [3.63, 3.8) is 0 Å². The van der Waals surface area contributed by atoms with Crippen molar-refractivity contribution in [2.75, 3.05) is 13.2 Å². The molecule has 0 amide bonds. The van der Waals surface area contributed by atoms with Crippen LogP contribution in [0, 0.1) is 11.7 Å². The lowest BCUT2D eigenvalue weighted by molar-refractivity contribution is 0.266. The lowest BCUT2D eigenvalue weighted by atomic mass is 10.1. The SMILES string of the molecule is CCOc1cc(CNCCC(C)C)cc(Cl)c1OCc1c(F)cccc1Cl. The molecular formula is C21H26Cl2FNO2. The average molecular weight is 414 g/mol. The molecule has 0 aliphatic rings. The molecule has 0 spiro atoms. The van der Waals surface area contributed by atoms with Gasteiger partial charge in [0.2, 0.25) is 0 Å². The van der Waals surface area contributed by atoms with Crippen molar-refractivity contribution in [2.24, 2.45) is 5.92 Å². The predicted molar refractivity (Wildman–Crippen MR) is 110 cm³/mol. The van der Waals surface area contributed by atoms with Gasteiger partial charge in [-0.05, 0) is 55.6 Å². The van der Waals surface area contributed by atoms with Crippen LogP contribution in [0.3, 0.4) is 0 Å². The Bertz CT molecular complexity index is 733. The van der Waals surface area contributed by atoms with Gasteiger partial charge in [0.25, 0.3) is 0 Å². The zero-order valence-corrected chi connectivity index (χ0v) is 17.5. The minimum atomic E-state index is -0.414. The van der Waals surface area contributed by atoms with E-state index in [0.717, 1.165) is 18.5 Å². The molecule has 0 aliphatic heterocycles. The first-order valence-electron chi connectivity index (χ1n) is 9.14. The lowest BCUT2D eigenvalue weighted by Gasteiger charge is -2.16. The molecule has 27 heavy (non-hydrogen) atoms. The summed E-state index contributed by atoms with van der Waals surface area (Å²) in [5.41, 5.74) is 1.29. The highest BCUT2D eigenvalue weighted by Crippen LogP contribution is 2.37. The Kier molecular flexibility index (Phi) is 8.68. The van der Waals surface area contributed by atoms with Crippen molar-refractivity contribution >= 4 is 23.2 Å². The Morgan fingerprint density at radius 3 is 2.56 bits per heavy atom. The number of hydrogen-bond donors (Lipinski definition) is 1. The highest BCUT2D eigenvalue weighted by molar-refractivity contribution is 6.32. The second-order valence-corrected chi connectivity index (χ2v) is 7.50. The van der Waals surface area contributed by atoms with Gasteiger partial charge in [-0.15, -0.1) is 0 Å². The summed E-state index contributed by atoms with van der Waals surface area (Å²) in [4.78, 5) is 0. The van der Waals surface area contributed by atoms with Crippen LogP contribution in [-0.4, -0.2) is 13.2 Å². The van der Waals surface area contributed by atoms with E-state index in [2.05, 4.69) is 19.2 Å². The van der Waals surface area contributed by atoms with E-state index in [1.165, 1.54) is 6.07 Å². The Labute approximate surface area is 170 Å². The maximum Gasteiger partial charge on any atom is 0.180 e. The second kappa shape index (κ2) is 10.7. The molecular weight excluding hydrogens is 388 g/mol. The Morgan fingerprint density at radius 1 is 1.11 bits per heavy atom. The topological polar surface area (TPSA) is 30.5 Å². The molecule has 2 aromatic carbocycles. The predicted octanol–water partition coefficient (Wildman–Crippen LogP) is 6.25. The van der Waals surface area contributed by atoms with Crippen molar-refractivity contribution in [2.45, 2.75) is 40.3 Å². The van der Waals surface area contributed by atoms with E-state index in [0.29, 0.717) is 40.6 Å². The minimum Gasteiger partial charge on any atom is -0.490 e. The molecule has 0 unspecified atom stereocenters. The van der Waals surface area contributed by atoms with Crippen LogP contribution >= 0.6 is 23.2 Å². The lowest BCUT2D eigenvalue weighted by Crippen LogP contribution is -2.16. The summed E-state index contributed by atoms with van der Waals surface area (Å²) in [5.74, 6) is 1.17. The van der Waals surface area contributed by atoms with Crippen molar-refractivity contribution in [3.8, 4) is 11.5 Å². The van der Waals surface area contributed by atoms with Crippen LogP contribution in [0.5, 0.6) is 11.5 Å². The third-order valence-corrected chi connectivity index (χ3v) is 4.65. The number of ether oxygens (including phenoxy) is 2. The summed E-state index contributed by atoms with van der Waals surface area (Å²) >= 11 is 12.5. The number of benzene rings is 2. The molecule has 148 valence electrons. The van der Waals surface area contributed by atoms with E-state index in [1.54, 1.807) is 12.1 Å². The first-order valence-corrected chi connectivity index (χ1v) is 9.89. The molecule has 6 heteroatoms. The maximum absolute atomic E-state index is 14.0. The number of nitrogens with one attached hydrogen (secondary N) is 1. The second-order valence-electron chi connectivity index (χ2n) is 6.69. The zero-order valence-electron chi connectivity index (χ0n) is 16.0. The third-order valence-electron chi connectivity index (χ3n) is 4.02. The number of halogens is 3. The molecule has 0 saturated carbocycles. The fraction of sp³-hybridized carbons (Fsp3) is 0.429. The van der Waals surface area contributed by atoms with E-state index >= 15 is 0 Å². The molecule has 0 fully saturated rings. The van der Waals surface area contributed by atoms with Gasteiger partial charge in [0.05, 0.1) is 16.7 Å². The molecule has 2 rings (SSSR count). The van der Waals surface area contributed by atoms with Crippen LogP contribution in [0.25, 0.3) is 0 Å². The Hall–Kier alpha value is -1.49. The monoisotopic (exact) mass is 413 g/mol. The first kappa shape index (κ1) is 21.8. The van der Waals surface area contributed by atoms with E-state index in [1.807, 2.05) is 19.1 Å². The highest BCUT2D eigenvalue weighted by Gasteiger charge is 2.15. The largest absolute Gasteiger partial charge is 0.490 e. The molecule has 0 aliphatic carbocycles. The van der Waals surface area contributed by atoms with Crippen LogP contribution in [0.15, 0.2) is 30.3 Å². The molecule has 0 saturated heterocycles. The highest BCUT2D eigenvalue weighted by atomic mass is 35.5. The number of hydrogen-bond acceptors (Lipinski definition) is 3. The summed E-state index contributed by atoms with van der Waals surface area (Å²) in [5, 5.41) is 4.14. The maximum atomic E-state index is 14.0. The van der Waals surface area contributed by atoms with Crippen molar-refractivity contribution in [3.05, 3.63) is 57.3 Å². The van der Waals surface area contributed by atoms with Crippen LogP contribution in [0.2, 0.25) is 10.0 Å². The molecule has 3 nitrogen and oxygen atoms in total. The fourth-order valence-corrected chi connectivity index (χ4v) is 3.07. The molecule has 2 aromatic rings. The van der Waals surface area contributed by atoms with Crippen molar-refractivity contribution in [1.29, 1.82) is 0 Å². The van der Waals surface area contributed by atoms with Gasteiger partial charge in [0, 0.05) is 12.1 Å². The molecule has 0 radical (unpaired) electrons. The van der Waals surface area contributed by atoms with E-state index in [-0.39, 0.29) is 12.2 Å². The summed E-state index contributed by atoms with van der Waals surface area (Å²) < 4.78 is 25.4. The quantitative estimate of drug-likeness (QED) is 0.467. The third kappa shape index (κ3) is 6.56. The van der Waals surface area contributed by atoms with E-state index in [9.17, 15) is 4.39 Å². The van der Waals surface area contributed by atoms with Gasteiger partial charge in [0.1, 0.15) is 12.4 Å². The summed E-state index contributed by atoms with van der Waals surface area (Å²) in [6.45, 7) is 8.34. The molecule has 0 atom stereocenters. The van der Waals surface area contributed by atoms with E-state index in [4.69, 9.17) is 32.7 Å². The standard InChI is InChI=1S/C21H26Cl2FNO2/c1-4-26-20-11-15(12-25-9-8-14(2)3)10-18(23)21(20)27-13-16-17(22)6-5-7-19(16)24/h5-7,10-11,14,25H,4,8-9,12-13H2,1-3H3. The van der Waals surface area contributed by atoms with Gasteiger partial charge < -0.3 is 14.8 Å². The Morgan fingerprint density at radius 2 is 1.89 bits per heavy atom.